The largest absolute Gasteiger partial charge is 0.503 e. The topological polar surface area (TPSA) is 145 Å². The Morgan fingerprint density at radius 2 is 1.19 bits per heavy atom. The molecule has 16 heavy (non-hydrogen) atoms. The second-order valence-corrected chi connectivity index (χ2v) is 3.41. The molecule has 0 aromatic carbocycles. The third-order valence-corrected chi connectivity index (χ3v) is 1.63. The molecule has 0 rings (SSSR count). The van der Waals surface area contributed by atoms with Crippen LogP contribution < -0.4 is 0 Å². The number of hydrogen-bond donors (Lipinski definition) is 5. The van der Waals surface area contributed by atoms with Crippen molar-refractivity contribution in [2.75, 3.05) is 0 Å². The monoisotopic (exact) mass is 242 g/mol. The van der Waals surface area contributed by atoms with Crippen LogP contribution in [0.1, 0.15) is 27.7 Å². The molecule has 0 aromatic rings. The molecule has 8 nitrogen and oxygen atoms in total. The zero-order valence-electron chi connectivity index (χ0n) is 9.54. The van der Waals surface area contributed by atoms with Crippen LogP contribution in [0.25, 0.3) is 0 Å². The van der Waals surface area contributed by atoms with E-state index in [0.29, 0.717) is 5.92 Å². The van der Waals surface area contributed by atoms with E-state index in [1.807, 2.05) is 27.7 Å². The molecule has 0 fully saturated rings. The zero-order valence-corrected chi connectivity index (χ0v) is 9.54. The molecule has 0 atom stereocenters. The van der Waals surface area contributed by atoms with Gasteiger partial charge in [0.1, 0.15) is 0 Å². The van der Waals surface area contributed by atoms with Gasteiger partial charge in [0.25, 0.3) is 0 Å². The lowest BCUT2D eigenvalue weighted by Gasteiger charge is -2.24. The minimum Gasteiger partial charge on any atom is -0.450 e. The highest BCUT2D eigenvalue weighted by Crippen LogP contribution is 2.17. The zero-order chi connectivity index (χ0) is 13.9. The molecule has 0 saturated carbocycles. The van der Waals surface area contributed by atoms with Gasteiger partial charge in [0.05, 0.1) is 5.60 Å². The fourth-order valence-electron chi connectivity index (χ4n) is 0.105. The van der Waals surface area contributed by atoms with Gasteiger partial charge in [-0.05, 0) is 19.8 Å². The maximum atomic E-state index is 8.56. The summed E-state index contributed by atoms with van der Waals surface area (Å²) < 4.78 is 0. The van der Waals surface area contributed by atoms with Crippen molar-refractivity contribution in [2.45, 2.75) is 33.3 Å². The Balaban J connectivity index is -0.000000179. The summed E-state index contributed by atoms with van der Waals surface area (Å²) in [5, 5.41) is 36.2. The quantitative estimate of drug-likeness (QED) is 0.366. The Labute approximate surface area is 92.6 Å². The van der Waals surface area contributed by atoms with E-state index >= 15 is 0 Å². The molecular weight excluding hydrogens is 224 g/mol. The van der Waals surface area contributed by atoms with Crippen LogP contribution in [0.15, 0.2) is 0 Å². The summed E-state index contributed by atoms with van der Waals surface area (Å²) in [5.74, 6) is 0.340. The lowest BCUT2D eigenvalue weighted by atomic mass is 9.95. The molecule has 0 spiro atoms. The Bertz CT molecular complexity index is 178. The van der Waals surface area contributed by atoms with Crippen LogP contribution in [0.4, 0.5) is 9.59 Å². The minimum absolute atomic E-state index is 0.340. The summed E-state index contributed by atoms with van der Waals surface area (Å²) in [7, 11) is 0. The lowest BCUT2D eigenvalue weighted by molar-refractivity contribution is -0.323. The van der Waals surface area contributed by atoms with Gasteiger partial charge in [-0.25, -0.2) is 14.5 Å². The maximum Gasteiger partial charge on any atom is 0.503 e. The van der Waals surface area contributed by atoms with Gasteiger partial charge < -0.3 is 20.4 Å². The van der Waals surface area contributed by atoms with Crippen molar-refractivity contribution >= 4 is 12.3 Å². The lowest BCUT2D eigenvalue weighted by Crippen LogP contribution is -2.29. The van der Waals surface area contributed by atoms with Gasteiger partial charge in [-0.15, -0.1) is 0 Å². The Hall–Kier alpha value is -1.54. The van der Waals surface area contributed by atoms with Crippen LogP contribution in [-0.2, 0) is 4.89 Å². The van der Waals surface area contributed by atoms with E-state index in [4.69, 9.17) is 35.3 Å². The summed E-state index contributed by atoms with van der Waals surface area (Å²) in [6, 6.07) is 0. The number of hydrogen-bond acceptors (Lipinski definition) is 4. The summed E-state index contributed by atoms with van der Waals surface area (Å²) in [4.78, 5) is 21.3. The van der Waals surface area contributed by atoms with E-state index in [9.17, 15) is 0 Å². The molecule has 0 aromatic heterocycles. The normalized spacial score (nSPS) is 9.38. The predicted octanol–water partition coefficient (Wildman–Crippen LogP) is 2.36. The van der Waals surface area contributed by atoms with E-state index in [-0.39, 0.29) is 0 Å². The molecule has 5 N–H and O–H groups in total. The smallest absolute Gasteiger partial charge is 0.450 e. The summed E-state index contributed by atoms with van der Waals surface area (Å²) in [5.41, 5.74) is -0.403. The summed E-state index contributed by atoms with van der Waals surface area (Å²) >= 11 is 0. The van der Waals surface area contributed by atoms with Crippen LogP contribution >= 0.6 is 0 Å². The highest BCUT2D eigenvalue weighted by molar-refractivity contribution is 5.53. The molecule has 0 aliphatic carbocycles. The summed E-state index contributed by atoms with van der Waals surface area (Å²) in [6.45, 7) is 7.68. The van der Waals surface area contributed by atoms with Crippen LogP contribution in [0, 0.1) is 5.92 Å². The third kappa shape index (κ3) is 29.4. The summed E-state index contributed by atoms with van der Waals surface area (Å²) in [6.07, 6.45) is -3.67. The second kappa shape index (κ2) is 9.99. The second-order valence-electron chi connectivity index (χ2n) is 3.41. The Morgan fingerprint density at radius 3 is 1.19 bits per heavy atom. The SMILES string of the molecule is CC(C)C(C)(C)OO.O=C(O)O.O=C(O)O. The molecule has 0 saturated heterocycles. The van der Waals surface area contributed by atoms with Crippen LogP contribution in [-0.4, -0.2) is 43.6 Å². The van der Waals surface area contributed by atoms with Crippen LogP contribution in [0.3, 0.4) is 0 Å². The number of carboxylic acid groups (broad SMARTS) is 4. The van der Waals surface area contributed by atoms with Gasteiger partial charge in [0.2, 0.25) is 0 Å². The molecule has 0 unspecified atom stereocenters. The van der Waals surface area contributed by atoms with Gasteiger partial charge in [0, 0.05) is 0 Å². The first-order valence-electron chi connectivity index (χ1n) is 4.13. The van der Waals surface area contributed by atoms with Crippen molar-refractivity contribution in [3.63, 3.8) is 0 Å². The van der Waals surface area contributed by atoms with Gasteiger partial charge in [-0.1, -0.05) is 13.8 Å². The fraction of sp³-hybridized carbons (Fsp3) is 0.750. The van der Waals surface area contributed by atoms with Gasteiger partial charge in [0.15, 0.2) is 0 Å². The maximum absolute atomic E-state index is 8.56. The van der Waals surface area contributed by atoms with Gasteiger partial charge in [-0.3, -0.25) is 5.26 Å². The first kappa shape index (κ1) is 19.9. The molecule has 0 aliphatic rings. The molecule has 0 bridgehead atoms. The third-order valence-electron chi connectivity index (χ3n) is 1.63. The van der Waals surface area contributed by atoms with E-state index in [2.05, 4.69) is 4.89 Å². The van der Waals surface area contributed by atoms with Crippen LogP contribution in [0.2, 0.25) is 0 Å². The highest BCUT2D eigenvalue weighted by atomic mass is 17.1. The molecule has 0 aliphatic heterocycles. The molecule has 0 amide bonds. The van der Waals surface area contributed by atoms with Crippen molar-refractivity contribution in [3.05, 3.63) is 0 Å². The highest BCUT2D eigenvalue weighted by Gasteiger charge is 2.22. The van der Waals surface area contributed by atoms with Crippen molar-refractivity contribution < 1.29 is 40.2 Å². The first-order valence-corrected chi connectivity index (χ1v) is 4.13. The van der Waals surface area contributed by atoms with Crippen molar-refractivity contribution in [3.8, 4) is 0 Å². The predicted molar refractivity (Wildman–Crippen MR) is 53.9 cm³/mol. The average Bonchev–Trinajstić information content (AvgIpc) is 2.01. The minimum atomic E-state index is -1.83. The van der Waals surface area contributed by atoms with Crippen LogP contribution in [0.5, 0.6) is 0 Å². The molecular formula is C8H18O8. The standard InChI is InChI=1S/C6H14O2.2CH2O3/c1-5(2)6(3,4)8-7;2*2-1(3)4/h5,7H,1-4H3;2*(H2,2,3,4). The van der Waals surface area contributed by atoms with E-state index in [0.717, 1.165) is 0 Å². The Morgan fingerprint density at radius 1 is 1.00 bits per heavy atom. The van der Waals surface area contributed by atoms with E-state index in [1.165, 1.54) is 0 Å². The molecule has 0 radical (unpaired) electrons. The first-order chi connectivity index (χ1) is 6.97. The molecule has 8 heteroatoms. The number of carbonyl (C=O) groups is 2. The van der Waals surface area contributed by atoms with E-state index < -0.39 is 17.9 Å². The van der Waals surface area contributed by atoms with Crippen molar-refractivity contribution in [2.24, 2.45) is 5.92 Å². The van der Waals surface area contributed by atoms with E-state index in [1.54, 1.807) is 0 Å². The number of rotatable bonds is 2. The average molecular weight is 242 g/mol. The fourth-order valence-corrected chi connectivity index (χ4v) is 0.105. The Kier molecular flexibility index (Phi) is 12.5. The molecule has 0 heterocycles. The van der Waals surface area contributed by atoms with Crippen molar-refractivity contribution in [1.82, 2.24) is 0 Å². The van der Waals surface area contributed by atoms with Gasteiger partial charge >= 0.3 is 12.3 Å². The molecule has 98 valence electrons. The van der Waals surface area contributed by atoms with Gasteiger partial charge in [-0.2, -0.15) is 0 Å². The van der Waals surface area contributed by atoms with Crippen molar-refractivity contribution in [1.29, 1.82) is 0 Å².